The predicted molar refractivity (Wildman–Crippen MR) is 80.9 cm³/mol. The second-order valence-corrected chi connectivity index (χ2v) is 4.89. The van der Waals surface area contributed by atoms with Gasteiger partial charge in [-0.15, -0.1) is 0 Å². The number of carbonyl (C=O) groups is 1. The van der Waals surface area contributed by atoms with Crippen LogP contribution in [-0.4, -0.2) is 16.2 Å². The lowest BCUT2D eigenvalue weighted by atomic mass is 10.1. The molecule has 0 amide bonds. The first-order chi connectivity index (χ1) is 10.5. The standard InChI is InChI=1S/C17H12O5/c18-12-6-11(7-16(20)21)17-13(8-12)14(19)9-15(22-17)10-4-2-1-3-5-10/h1-6,8-9,18H,7H2,(H,20,21). The summed E-state index contributed by atoms with van der Waals surface area (Å²) in [5.74, 6) is -0.876. The van der Waals surface area contributed by atoms with Gasteiger partial charge in [0, 0.05) is 17.2 Å². The van der Waals surface area contributed by atoms with E-state index in [-0.39, 0.29) is 34.1 Å². The van der Waals surface area contributed by atoms with E-state index in [1.807, 2.05) is 18.2 Å². The van der Waals surface area contributed by atoms with Crippen molar-refractivity contribution in [3.8, 4) is 17.1 Å². The molecule has 0 atom stereocenters. The summed E-state index contributed by atoms with van der Waals surface area (Å²) >= 11 is 0. The summed E-state index contributed by atoms with van der Waals surface area (Å²) in [7, 11) is 0. The first-order valence-electron chi connectivity index (χ1n) is 6.61. The van der Waals surface area contributed by atoms with Crippen molar-refractivity contribution in [3.05, 3.63) is 64.3 Å². The normalized spacial score (nSPS) is 10.7. The quantitative estimate of drug-likeness (QED) is 0.776. The zero-order valence-electron chi connectivity index (χ0n) is 11.4. The van der Waals surface area contributed by atoms with Crippen molar-refractivity contribution in [2.75, 3.05) is 0 Å². The maximum absolute atomic E-state index is 12.2. The summed E-state index contributed by atoms with van der Waals surface area (Å²) in [6.07, 6.45) is -0.341. The molecule has 22 heavy (non-hydrogen) atoms. The fraction of sp³-hybridized carbons (Fsp3) is 0.0588. The molecule has 0 aliphatic rings. The van der Waals surface area contributed by atoms with Crippen LogP contribution in [-0.2, 0) is 11.2 Å². The van der Waals surface area contributed by atoms with E-state index in [1.165, 1.54) is 18.2 Å². The van der Waals surface area contributed by atoms with Gasteiger partial charge in [-0.25, -0.2) is 0 Å². The van der Waals surface area contributed by atoms with Gasteiger partial charge in [0.05, 0.1) is 11.8 Å². The molecule has 1 aromatic heterocycles. The Kier molecular flexibility index (Phi) is 3.39. The first-order valence-corrected chi connectivity index (χ1v) is 6.61. The van der Waals surface area contributed by atoms with Crippen LogP contribution in [0.1, 0.15) is 5.56 Å². The van der Waals surface area contributed by atoms with Crippen LogP contribution in [0.3, 0.4) is 0 Å². The van der Waals surface area contributed by atoms with E-state index < -0.39 is 5.97 Å². The Labute approximate surface area is 125 Å². The number of benzene rings is 2. The predicted octanol–water partition coefficient (Wildman–Crippen LogP) is 2.79. The SMILES string of the molecule is O=C(O)Cc1cc(O)cc2c(=O)cc(-c3ccccc3)oc12. The van der Waals surface area contributed by atoms with Crippen molar-refractivity contribution >= 4 is 16.9 Å². The maximum atomic E-state index is 12.2. The Balaban J connectivity index is 2.30. The van der Waals surface area contributed by atoms with Crippen molar-refractivity contribution in [3.63, 3.8) is 0 Å². The highest BCUT2D eigenvalue weighted by atomic mass is 16.4. The van der Waals surface area contributed by atoms with E-state index in [0.29, 0.717) is 5.76 Å². The largest absolute Gasteiger partial charge is 0.508 e. The minimum atomic E-state index is -1.07. The third-order valence-electron chi connectivity index (χ3n) is 3.29. The van der Waals surface area contributed by atoms with Crippen LogP contribution in [0.25, 0.3) is 22.3 Å². The molecule has 0 saturated heterocycles. The Morgan fingerprint density at radius 2 is 1.82 bits per heavy atom. The summed E-state index contributed by atoms with van der Waals surface area (Å²) in [5, 5.41) is 18.8. The van der Waals surface area contributed by atoms with Crippen molar-refractivity contribution in [2.45, 2.75) is 6.42 Å². The molecule has 0 aliphatic carbocycles. The van der Waals surface area contributed by atoms with Crippen molar-refractivity contribution in [1.82, 2.24) is 0 Å². The second kappa shape index (κ2) is 5.37. The number of hydrogen-bond acceptors (Lipinski definition) is 4. The molecule has 0 bridgehead atoms. The summed E-state index contributed by atoms with van der Waals surface area (Å²) in [5.41, 5.74) is 0.836. The zero-order valence-corrected chi connectivity index (χ0v) is 11.4. The molecule has 110 valence electrons. The molecule has 2 N–H and O–H groups in total. The molecule has 0 unspecified atom stereocenters. The monoisotopic (exact) mass is 296 g/mol. The number of carboxylic acids is 1. The van der Waals surface area contributed by atoms with E-state index in [1.54, 1.807) is 12.1 Å². The number of hydrogen-bond donors (Lipinski definition) is 2. The molecule has 3 rings (SSSR count). The van der Waals surface area contributed by atoms with Crippen LogP contribution in [0.2, 0.25) is 0 Å². The van der Waals surface area contributed by atoms with Gasteiger partial charge in [-0.2, -0.15) is 0 Å². The van der Waals surface area contributed by atoms with Gasteiger partial charge >= 0.3 is 5.97 Å². The average Bonchev–Trinajstić information content (AvgIpc) is 2.48. The summed E-state index contributed by atoms with van der Waals surface area (Å²) in [6.45, 7) is 0. The molecule has 5 nitrogen and oxygen atoms in total. The molecule has 0 fully saturated rings. The van der Waals surface area contributed by atoms with E-state index in [9.17, 15) is 14.7 Å². The van der Waals surface area contributed by atoms with Crippen LogP contribution in [0.5, 0.6) is 5.75 Å². The fourth-order valence-corrected chi connectivity index (χ4v) is 2.35. The third kappa shape index (κ3) is 2.56. The first kappa shape index (κ1) is 13.9. The van der Waals surface area contributed by atoms with E-state index >= 15 is 0 Å². The Bertz CT molecular complexity index is 909. The minimum Gasteiger partial charge on any atom is -0.508 e. The molecule has 0 saturated carbocycles. The van der Waals surface area contributed by atoms with Crippen LogP contribution in [0.15, 0.2) is 57.7 Å². The lowest BCUT2D eigenvalue weighted by Crippen LogP contribution is -2.05. The third-order valence-corrected chi connectivity index (χ3v) is 3.29. The van der Waals surface area contributed by atoms with Crippen LogP contribution < -0.4 is 5.43 Å². The minimum absolute atomic E-state index is 0.163. The van der Waals surface area contributed by atoms with Crippen molar-refractivity contribution < 1.29 is 19.4 Å². The highest BCUT2D eigenvalue weighted by Crippen LogP contribution is 2.27. The molecular formula is C17H12O5. The van der Waals surface area contributed by atoms with Gasteiger partial charge in [-0.3, -0.25) is 9.59 Å². The number of fused-ring (bicyclic) bond motifs is 1. The van der Waals surface area contributed by atoms with E-state index in [4.69, 9.17) is 9.52 Å². The molecule has 0 aliphatic heterocycles. The molecule has 2 aromatic carbocycles. The summed E-state index contributed by atoms with van der Waals surface area (Å²) in [6, 6.07) is 13.0. The highest BCUT2D eigenvalue weighted by molar-refractivity contribution is 5.86. The number of rotatable bonds is 3. The van der Waals surface area contributed by atoms with Gasteiger partial charge < -0.3 is 14.6 Å². The molecule has 1 heterocycles. The number of phenols is 1. The van der Waals surface area contributed by atoms with Gasteiger partial charge in [-0.1, -0.05) is 30.3 Å². The van der Waals surface area contributed by atoms with Gasteiger partial charge in [-0.05, 0) is 12.1 Å². The molecule has 5 heteroatoms. The number of phenolic OH excluding ortho intramolecular Hbond substituents is 1. The average molecular weight is 296 g/mol. The van der Waals surface area contributed by atoms with Crippen molar-refractivity contribution in [2.24, 2.45) is 0 Å². The molecular weight excluding hydrogens is 284 g/mol. The highest BCUT2D eigenvalue weighted by Gasteiger charge is 2.14. The van der Waals surface area contributed by atoms with Crippen LogP contribution in [0.4, 0.5) is 0 Å². The maximum Gasteiger partial charge on any atom is 0.307 e. The van der Waals surface area contributed by atoms with Gasteiger partial charge in [0.15, 0.2) is 5.43 Å². The number of carboxylic acid groups (broad SMARTS) is 1. The summed E-state index contributed by atoms with van der Waals surface area (Å²) in [4.78, 5) is 23.2. The van der Waals surface area contributed by atoms with E-state index in [2.05, 4.69) is 0 Å². The van der Waals surface area contributed by atoms with Gasteiger partial charge in [0.2, 0.25) is 0 Å². The lowest BCUT2D eigenvalue weighted by Gasteiger charge is -2.07. The van der Waals surface area contributed by atoms with Crippen LogP contribution >= 0.6 is 0 Å². The second-order valence-electron chi connectivity index (χ2n) is 4.89. The number of aromatic hydroxyl groups is 1. The smallest absolute Gasteiger partial charge is 0.307 e. The zero-order chi connectivity index (χ0) is 15.7. The molecule has 0 spiro atoms. The van der Waals surface area contributed by atoms with Crippen molar-refractivity contribution in [1.29, 1.82) is 0 Å². The Hall–Kier alpha value is -3.08. The number of aliphatic carboxylic acids is 1. The fourth-order valence-electron chi connectivity index (χ4n) is 2.35. The molecule has 3 aromatic rings. The van der Waals surface area contributed by atoms with E-state index in [0.717, 1.165) is 5.56 Å². The molecule has 0 radical (unpaired) electrons. The lowest BCUT2D eigenvalue weighted by molar-refractivity contribution is -0.136. The van der Waals surface area contributed by atoms with Gasteiger partial charge in [0.25, 0.3) is 0 Å². The Morgan fingerprint density at radius 1 is 1.09 bits per heavy atom. The Morgan fingerprint density at radius 3 is 2.50 bits per heavy atom. The van der Waals surface area contributed by atoms with Crippen LogP contribution in [0, 0.1) is 0 Å². The topological polar surface area (TPSA) is 87.7 Å². The van der Waals surface area contributed by atoms with Gasteiger partial charge in [0.1, 0.15) is 17.1 Å². The summed E-state index contributed by atoms with van der Waals surface area (Å²) < 4.78 is 5.74.